The van der Waals surface area contributed by atoms with Crippen LogP contribution >= 0.6 is 0 Å². The first-order valence-corrected chi connectivity index (χ1v) is 6.27. The van der Waals surface area contributed by atoms with Gasteiger partial charge < -0.3 is 15.5 Å². The molecule has 106 valence electrons. The van der Waals surface area contributed by atoms with E-state index in [0.717, 1.165) is 17.5 Å². The van der Waals surface area contributed by atoms with Crippen molar-refractivity contribution in [1.29, 1.82) is 0 Å². The van der Waals surface area contributed by atoms with Crippen LogP contribution in [0.4, 0.5) is 11.6 Å². The van der Waals surface area contributed by atoms with Crippen LogP contribution in [0, 0.1) is 0 Å². The van der Waals surface area contributed by atoms with E-state index in [1.165, 1.54) is 0 Å². The lowest BCUT2D eigenvalue weighted by atomic mass is 9.96. The summed E-state index contributed by atoms with van der Waals surface area (Å²) in [6.45, 7) is 6.44. The Morgan fingerprint density at radius 1 is 1.32 bits per heavy atom. The third kappa shape index (κ3) is 4.08. The van der Waals surface area contributed by atoms with E-state index in [1.807, 2.05) is 20.2 Å². The zero-order valence-electron chi connectivity index (χ0n) is 12.5. The van der Waals surface area contributed by atoms with Gasteiger partial charge in [-0.1, -0.05) is 20.8 Å². The number of nitrogens with one attached hydrogen (secondary N) is 2. The van der Waals surface area contributed by atoms with Gasteiger partial charge in [0.05, 0.1) is 6.54 Å². The van der Waals surface area contributed by atoms with Crippen LogP contribution < -0.4 is 15.5 Å². The van der Waals surface area contributed by atoms with Crippen molar-refractivity contribution in [3.8, 4) is 0 Å². The molecular weight excluding hydrogens is 242 g/mol. The monoisotopic (exact) mass is 265 g/mol. The van der Waals surface area contributed by atoms with Gasteiger partial charge in [0, 0.05) is 32.6 Å². The highest BCUT2D eigenvalue weighted by Gasteiger charge is 2.20. The molecule has 2 N–H and O–H groups in total. The van der Waals surface area contributed by atoms with Gasteiger partial charge in [-0.05, 0) is 0 Å². The zero-order chi connectivity index (χ0) is 14.6. The number of carbonyl (C=O) groups excluding carboxylic acids is 1. The fourth-order valence-electron chi connectivity index (χ4n) is 1.47. The second kappa shape index (κ2) is 5.86. The lowest BCUT2D eigenvalue weighted by molar-refractivity contribution is -0.119. The Bertz CT molecular complexity index is 453. The normalized spacial score (nSPS) is 11.1. The molecular formula is C13H23N5O. The second-order valence-corrected chi connectivity index (χ2v) is 5.46. The Morgan fingerprint density at radius 3 is 2.42 bits per heavy atom. The number of aromatic nitrogens is 2. The Balaban J connectivity index is 3.09. The number of nitrogens with zero attached hydrogens (tertiary/aromatic N) is 3. The third-order valence-electron chi connectivity index (χ3n) is 2.69. The third-order valence-corrected chi connectivity index (χ3v) is 2.69. The molecule has 19 heavy (non-hydrogen) atoms. The zero-order valence-corrected chi connectivity index (χ0v) is 12.5. The van der Waals surface area contributed by atoms with Crippen molar-refractivity contribution in [1.82, 2.24) is 15.3 Å². The predicted molar refractivity (Wildman–Crippen MR) is 77.6 cm³/mol. The van der Waals surface area contributed by atoms with Crippen LogP contribution in [0.15, 0.2) is 6.07 Å². The largest absolute Gasteiger partial charge is 0.373 e. The van der Waals surface area contributed by atoms with Gasteiger partial charge in [-0.15, -0.1) is 0 Å². The molecule has 6 nitrogen and oxygen atoms in total. The van der Waals surface area contributed by atoms with Crippen LogP contribution in [0.2, 0.25) is 0 Å². The van der Waals surface area contributed by atoms with Crippen molar-refractivity contribution in [2.75, 3.05) is 37.9 Å². The Hall–Kier alpha value is -1.85. The summed E-state index contributed by atoms with van der Waals surface area (Å²) in [6.07, 6.45) is 0. The van der Waals surface area contributed by atoms with E-state index in [2.05, 4.69) is 41.4 Å². The van der Waals surface area contributed by atoms with E-state index in [9.17, 15) is 4.79 Å². The summed E-state index contributed by atoms with van der Waals surface area (Å²) in [4.78, 5) is 22.2. The first kappa shape index (κ1) is 15.2. The molecule has 6 heteroatoms. The molecule has 1 aromatic rings. The number of rotatable bonds is 4. The maximum absolute atomic E-state index is 11.4. The Labute approximate surface area is 114 Å². The predicted octanol–water partition coefficient (Wildman–Crippen LogP) is 0.998. The van der Waals surface area contributed by atoms with Gasteiger partial charge in [0.15, 0.2) is 0 Å². The molecule has 0 saturated heterocycles. The highest BCUT2D eigenvalue weighted by Crippen LogP contribution is 2.23. The molecule has 0 bridgehead atoms. The minimum Gasteiger partial charge on any atom is -0.373 e. The molecule has 0 aliphatic carbocycles. The van der Waals surface area contributed by atoms with E-state index in [4.69, 9.17) is 0 Å². The fraction of sp³-hybridized carbons (Fsp3) is 0.615. The standard InChI is InChI=1S/C13H23N5O/c1-13(2,3)12-16-9(14-4)7-10(17-12)18(6)8-11(19)15-5/h7H,8H2,1-6H3,(H,15,19)(H,14,16,17). The summed E-state index contributed by atoms with van der Waals surface area (Å²) < 4.78 is 0. The molecule has 0 aromatic carbocycles. The van der Waals surface area contributed by atoms with Crippen LogP contribution in [0.1, 0.15) is 26.6 Å². The number of likely N-dealkylation sites (N-methyl/N-ethyl adjacent to an activating group) is 2. The molecule has 0 spiro atoms. The van der Waals surface area contributed by atoms with Crippen molar-refractivity contribution in [3.05, 3.63) is 11.9 Å². The number of carbonyl (C=O) groups is 1. The van der Waals surface area contributed by atoms with Gasteiger partial charge in [-0.2, -0.15) is 0 Å². The number of amides is 1. The van der Waals surface area contributed by atoms with Crippen LogP contribution in [-0.2, 0) is 10.2 Å². The Morgan fingerprint density at radius 2 is 1.95 bits per heavy atom. The summed E-state index contributed by atoms with van der Waals surface area (Å²) in [5, 5.41) is 5.62. The molecule has 0 aliphatic rings. The number of hydrogen-bond donors (Lipinski definition) is 2. The van der Waals surface area contributed by atoms with Crippen molar-refractivity contribution >= 4 is 17.5 Å². The SMILES string of the molecule is CNC(=O)CN(C)c1cc(NC)nc(C(C)(C)C)n1. The minimum atomic E-state index is -0.143. The van der Waals surface area contributed by atoms with Gasteiger partial charge >= 0.3 is 0 Å². The minimum absolute atomic E-state index is 0.0515. The van der Waals surface area contributed by atoms with Crippen molar-refractivity contribution in [3.63, 3.8) is 0 Å². The molecule has 1 amide bonds. The molecule has 1 rings (SSSR count). The quantitative estimate of drug-likeness (QED) is 0.850. The average molecular weight is 265 g/mol. The molecule has 0 fully saturated rings. The molecule has 0 aliphatic heterocycles. The van der Waals surface area contributed by atoms with Gasteiger partial charge in [-0.3, -0.25) is 4.79 Å². The van der Waals surface area contributed by atoms with Crippen molar-refractivity contribution < 1.29 is 4.79 Å². The number of anilines is 2. The molecule has 0 unspecified atom stereocenters. The highest BCUT2D eigenvalue weighted by atomic mass is 16.1. The topological polar surface area (TPSA) is 70.2 Å². The summed E-state index contributed by atoms with van der Waals surface area (Å²) in [7, 11) is 5.27. The second-order valence-electron chi connectivity index (χ2n) is 5.46. The Kier molecular flexibility index (Phi) is 4.69. The fourth-order valence-corrected chi connectivity index (χ4v) is 1.47. The van der Waals surface area contributed by atoms with Crippen molar-refractivity contribution in [2.45, 2.75) is 26.2 Å². The van der Waals surface area contributed by atoms with Gasteiger partial charge in [0.2, 0.25) is 5.91 Å². The summed E-state index contributed by atoms with van der Waals surface area (Å²) in [5.74, 6) is 2.18. The number of hydrogen-bond acceptors (Lipinski definition) is 5. The first-order valence-electron chi connectivity index (χ1n) is 6.27. The molecule has 1 heterocycles. The van der Waals surface area contributed by atoms with Crippen LogP contribution in [0.25, 0.3) is 0 Å². The molecule has 1 aromatic heterocycles. The van der Waals surface area contributed by atoms with Gasteiger partial charge in [-0.25, -0.2) is 9.97 Å². The van der Waals surface area contributed by atoms with E-state index >= 15 is 0 Å². The first-order chi connectivity index (χ1) is 8.77. The average Bonchev–Trinajstić information content (AvgIpc) is 2.36. The van der Waals surface area contributed by atoms with Crippen molar-refractivity contribution in [2.24, 2.45) is 0 Å². The van der Waals surface area contributed by atoms with Crippen LogP contribution in [-0.4, -0.2) is 43.6 Å². The van der Waals surface area contributed by atoms with Crippen LogP contribution in [0.5, 0.6) is 0 Å². The van der Waals surface area contributed by atoms with E-state index in [1.54, 1.807) is 11.9 Å². The van der Waals surface area contributed by atoms with Crippen LogP contribution in [0.3, 0.4) is 0 Å². The lowest BCUT2D eigenvalue weighted by Gasteiger charge is -2.22. The summed E-state index contributed by atoms with van der Waals surface area (Å²) in [6, 6.07) is 1.83. The molecule has 0 saturated carbocycles. The smallest absolute Gasteiger partial charge is 0.239 e. The maximum atomic E-state index is 11.4. The maximum Gasteiger partial charge on any atom is 0.239 e. The van der Waals surface area contributed by atoms with Gasteiger partial charge in [0.25, 0.3) is 0 Å². The lowest BCUT2D eigenvalue weighted by Crippen LogP contribution is -2.34. The van der Waals surface area contributed by atoms with E-state index < -0.39 is 0 Å². The molecule has 0 radical (unpaired) electrons. The van der Waals surface area contributed by atoms with E-state index in [0.29, 0.717) is 0 Å². The molecule has 0 atom stereocenters. The summed E-state index contributed by atoms with van der Waals surface area (Å²) >= 11 is 0. The van der Waals surface area contributed by atoms with E-state index in [-0.39, 0.29) is 17.9 Å². The summed E-state index contributed by atoms with van der Waals surface area (Å²) in [5.41, 5.74) is -0.143. The highest BCUT2D eigenvalue weighted by molar-refractivity contribution is 5.80. The van der Waals surface area contributed by atoms with Gasteiger partial charge in [0.1, 0.15) is 17.5 Å².